The zero-order chi connectivity index (χ0) is 15.6. The first kappa shape index (κ1) is 16.3. The number of hydrogen-bond acceptors (Lipinski definition) is 3. The summed E-state index contributed by atoms with van der Waals surface area (Å²) >= 11 is 0. The van der Waals surface area contributed by atoms with Gasteiger partial charge in [0.2, 0.25) is 0 Å². The highest BCUT2D eigenvalue weighted by molar-refractivity contribution is 5.74. The Balaban J connectivity index is 2.30. The van der Waals surface area contributed by atoms with Gasteiger partial charge in [-0.1, -0.05) is 38.8 Å². The van der Waals surface area contributed by atoms with Crippen LogP contribution in [0.3, 0.4) is 0 Å². The van der Waals surface area contributed by atoms with Gasteiger partial charge >= 0.3 is 0 Å². The minimum absolute atomic E-state index is 0.717. The Hall–Kier alpha value is -2.03. The SMILES string of the molecule is CCCCOc1cccc(OCCCC)c1-c1ccccn1. The van der Waals surface area contributed by atoms with Gasteiger partial charge in [-0.2, -0.15) is 0 Å². The summed E-state index contributed by atoms with van der Waals surface area (Å²) in [6.07, 6.45) is 6.12. The third-order valence-electron chi connectivity index (χ3n) is 3.42. The van der Waals surface area contributed by atoms with E-state index in [1.807, 2.05) is 36.4 Å². The van der Waals surface area contributed by atoms with Crippen LogP contribution in [0.5, 0.6) is 11.5 Å². The van der Waals surface area contributed by atoms with Crippen molar-refractivity contribution in [1.82, 2.24) is 4.98 Å². The molecular formula is C19H25NO2. The minimum atomic E-state index is 0.717. The lowest BCUT2D eigenvalue weighted by Gasteiger charge is -2.16. The summed E-state index contributed by atoms with van der Waals surface area (Å²) in [5.74, 6) is 1.70. The largest absolute Gasteiger partial charge is 0.493 e. The van der Waals surface area contributed by atoms with Crippen molar-refractivity contribution in [1.29, 1.82) is 0 Å². The van der Waals surface area contributed by atoms with Crippen LogP contribution in [0.1, 0.15) is 39.5 Å². The first-order valence-electron chi connectivity index (χ1n) is 8.16. The highest BCUT2D eigenvalue weighted by Crippen LogP contribution is 2.37. The van der Waals surface area contributed by atoms with Crippen molar-refractivity contribution in [2.75, 3.05) is 13.2 Å². The average Bonchev–Trinajstić information content (AvgIpc) is 2.56. The van der Waals surface area contributed by atoms with Crippen molar-refractivity contribution in [2.45, 2.75) is 39.5 Å². The van der Waals surface area contributed by atoms with E-state index in [0.717, 1.165) is 61.7 Å². The van der Waals surface area contributed by atoms with Crippen LogP contribution in [0.4, 0.5) is 0 Å². The maximum Gasteiger partial charge on any atom is 0.132 e. The predicted octanol–water partition coefficient (Wildman–Crippen LogP) is 5.11. The molecule has 22 heavy (non-hydrogen) atoms. The minimum Gasteiger partial charge on any atom is -0.493 e. The van der Waals surface area contributed by atoms with E-state index in [-0.39, 0.29) is 0 Å². The summed E-state index contributed by atoms with van der Waals surface area (Å²) in [5, 5.41) is 0. The third-order valence-corrected chi connectivity index (χ3v) is 3.42. The van der Waals surface area contributed by atoms with Crippen LogP contribution >= 0.6 is 0 Å². The zero-order valence-electron chi connectivity index (χ0n) is 13.5. The molecule has 0 aliphatic heterocycles. The number of pyridine rings is 1. The monoisotopic (exact) mass is 299 g/mol. The van der Waals surface area contributed by atoms with E-state index >= 15 is 0 Å². The van der Waals surface area contributed by atoms with Gasteiger partial charge < -0.3 is 9.47 Å². The van der Waals surface area contributed by atoms with E-state index < -0.39 is 0 Å². The molecule has 1 heterocycles. The number of aromatic nitrogens is 1. The van der Waals surface area contributed by atoms with Crippen molar-refractivity contribution in [3.8, 4) is 22.8 Å². The second kappa shape index (κ2) is 9.08. The molecule has 0 amide bonds. The van der Waals surface area contributed by atoms with E-state index in [1.54, 1.807) is 6.20 Å². The van der Waals surface area contributed by atoms with Gasteiger partial charge in [0.05, 0.1) is 24.5 Å². The van der Waals surface area contributed by atoms with Gasteiger partial charge in [0.1, 0.15) is 11.5 Å². The predicted molar refractivity (Wildman–Crippen MR) is 90.5 cm³/mol. The summed E-state index contributed by atoms with van der Waals surface area (Å²) in [6.45, 7) is 5.75. The van der Waals surface area contributed by atoms with Crippen LogP contribution in [0.15, 0.2) is 42.6 Å². The number of hydrogen-bond donors (Lipinski definition) is 0. The lowest BCUT2D eigenvalue weighted by Crippen LogP contribution is -2.02. The Labute approximate surface area is 133 Å². The third kappa shape index (κ3) is 4.48. The van der Waals surface area contributed by atoms with Crippen LogP contribution in [-0.2, 0) is 0 Å². The van der Waals surface area contributed by atoms with Crippen LogP contribution in [0.25, 0.3) is 11.3 Å². The molecule has 1 aromatic heterocycles. The molecule has 0 spiro atoms. The topological polar surface area (TPSA) is 31.4 Å². The molecule has 3 heteroatoms. The Bertz CT molecular complexity index is 526. The van der Waals surface area contributed by atoms with Crippen molar-refractivity contribution >= 4 is 0 Å². The molecule has 0 saturated carbocycles. The maximum atomic E-state index is 5.96. The van der Waals surface area contributed by atoms with Crippen LogP contribution in [-0.4, -0.2) is 18.2 Å². The average molecular weight is 299 g/mol. The van der Waals surface area contributed by atoms with Gasteiger partial charge in [-0.3, -0.25) is 4.98 Å². The summed E-state index contributed by atoms with van der Waals surface area (Å²) < 4.78 is 11.9. The first-order valence-corrected chi connectivity index (χ1v) is 8.16. The van der Waals surface area contributed by atoms with Gasteiger partial charge in [-0.25, -0.2) is 0 Å². The van der Waals surface area contributed by atoms with Gasteiger partial charge in [0.15, 0.2) is 0 Å². The molecular weight excluding hydrogens is 274 g/mol. The molecule has 0 saturated heterocycles. The molecule has 2 aromatic rings. The summed E-state index contributed by atoms with van der Waals surface area (Å²) in [5.41, 5.74) is 1.84. The van der Waals surface area contributed by atoms with E-state index in [1.165, 1.54) is 0 Å². The van der Waals surface area contributed by atoms with Crippen LogP contribution < -0.4 is 9.47 Å². The van der Waals surface area contributed by atoms with Crippen LogP contribution in [0.2, 0.25) is 0 Å². The zero-order valence-corrected chi connectivity index (χ0v) is 13.5. The summed E-state index contributed by atoms with van der Waals surface area (Å²) in [4.78, 5) is 4.47. The second-order valence-corrected chi connectivity index (χ2v) is 5.25. The van der Waals surface area contributed by atoms with Crippen LogP contribution in [0, 0.1) is 0 Å². The number of rotatable bonds is 9. The maximum absolute atomic E-state index is 5.96. The fraction of sp³-hybridized carbons (Fsp3) is 0.421. The number of ether oxygens (including phenoxy) is 2. The Morgan fingerprint density at radius 3 is 1.95 bits per heavy atom. The smallest absolute Gasteiger partial charge is 0.132 e. The van der Waals surface area contributed by atoms with Gasteiger partial charge in [0.25, 0.3) is 0 Å². The molecule has 118 valence electrons. The van der Waals surface area contributed by atoms with Crippen molar-refractivity contribution in [3.05, 3.63) is 42.6 Å². The number of benzene rings is 1. The molecule has 0 fully saturated rings. The standard InChI is InChI=1S/C19H25NO2/c1-3-5-14-21-17-11-9-12-18(22-15-6-4-2)19(17)16-10-7-8-13-20-16/h7-13H,3-6,14-15H2,1-2H3. The lowest BCUT2D eigenvalue weighted by molar-refractivity contribution is 0.296. The number of unbranched alkanes of at least 4 members (excludes halogenated alkanes) is 2. The fourth-order valence-corrected chi connectivity index (χ4v) is 2.17. The van der Waals surface area contributed by atoms with E-state index in [9.17, 15) is 0 Å². The Kier molecular flexibility index (Phi) is 6.75. The first-order chi connectivity index (χ1) is 10.9. The molecule has 1 aromatic carbocycles. The van der Waals surface area contributed by atoms with E-state index in [4.69, 9.17) is 9.47 Å². The molecule has 0 radical (unpaired) electrons. The molecule has 0 N–H and O–H groups in total. The molecule has 0 unspecified atom stereocenters. The summed E-state index contributed by atoms with van der Waals surface area (Å²) in [6, 6.07) is 11.9. The Morgan fingerprint density at radius 2 is 1.45 bits per heavy atom. The lowest BCUT2D eigenvalue weighted by atomic mass is 10.1. The van der Waals surface area contributed by atoms with Gasteiger partial charge in [0, 0.05) is 6.20 Å². The van der Waals surface area contributed by atoms with Gasteiger partial charge in [-0.05, 0) is 37.1 Å². The normalized spacial score (nSPS) is 10.5. The fourth-order valence-electron chi connectivity index (χ4n) is 2.17. The second-order valence-electron chi connectivity index (χ2n) is 5.25. The van der Waals surface area contributed by atoms with Crippen molar-refractivity contribution < 1.29 is 9.47 Å². The molecule has 0 aliphatic rings. The number of nitrogens with zero attached hydrogens (tertiary/aromatic N) is 1. The highest BCUT2D eigenvalue weighted by Gasteiger charge is 2.14. The molecule has 0 bridgehead atoms. The van der Waals surface area contributed by atoms with E-state index in [2.05, 4.69) is 18.8 Å². The van der Waals surface area contributed by atoms with Gasteiger partial charge in [-0.15, -0.1) is 0 Å². The molecule has 0 atom stereocenters. The quantitative estimate of drug-likeness (QED) is 0.603. The molecule has 0 aliphatic carbocycles. The van der Waals surface area contributed by atoms with Crippen molar-refractivity contribution in [3.63, 3.8) is 0 Å². The Morgan fingerprint density at radius 1 is 0.818 bits per heavy atom. The summed E-state index contributed by atoms with van der Waals surface area (Å²) in [7, 11) is 0. The van der Waals surface area contributed by atoms with E-state index in [0.29, 0.717) is 0 Å². The molecule has 2 rings (SSSR count). The highest BCUT2D eigenvalue weighted by atomic mass is 16.5. The molecule has 3 nitrogen and oxygen atoms in total. The van der Waals surface area contributed by atoms with Crippen molar-refractivity contribution in [2.24, 2.45) is 0 Å².